The van der Waals surface area contributed by atoms with Crippen LogP contribution < -0.4 is 0 Å². The maximum absolute atomic E-state index is 5.20. The molecule has 0 amide bonds. The summed E-state index contributed by atoms with van der Waals surface area (Å²) in [6.45, 7) is 10.5. The average molecular weight is 351 g/mol. The Balaban J connectivity index is 1.63. The van der Waals surface area contributed by atoms with Crippen LogP contribution in [0.15, 0.2) is 0 Å². The zero-order valence-electron chi connectivity index (χ0n) is 16.1. The van der Waals surface area contributed by atoms with Crippen LogP contribution in [0.2, 0.25) is 0 Å². The molecule has 25 heavy (non-hydrogen) atoms. The number of rotatable bonds is 7. The van der Waals surface area contributed by atoms with Gasteiger partial charge in [0.15, 0.2) is 5.82 Å². The Kier molecular flexibility index (Phi) is 6.78. The van der Waals surface area contributed by atoms with Crippen molar-refractivity contribution in [1.29, 1.82) is 0 Å². The van der Waals surface area contributed by atoms with E-state index in [0.717, 1.165) is 25.0 Å². The monoisotopic (exact) mass is 350 g/mol. The number of ether oxygens (including phenoxy) is 1. The van der Waals surface area contributed by atoms with Crippen LogP contribution >= 0.6 is 0 Å². The van der Waals surface area contributed by atoms with Crippen molar-refractivity contribution in [2.75, 3.05) is 39.9 Å². The highest BCUT2D eigenvalue weighted by molar-refractivity contribution is 4.97. The first kappa shape index (κ1) is 18.7. The fourth-order valence-electron chi connectivity index (χ4n) is 4.47. The second-order valence-corrected chi connectivity index (χ2v) is 7.81. The first-order valence-corrected chi connectivity index (χ1v) is 9.93. The number of hydrogen-bond donors (Lipinski definition) is 0. The summed E-state index contributed by atoms with van der Waals surface area (Å²) in [6.07, 6.45) is 7.03. The van der Waals surface area contributed by atoms with Crippen LogP contribution in [0, 0.1) is 5.92 Å². The Hall–Kier alpha value is -1.05. The Morgan fingerprint density at radius 2 is 1.80 bits per heavy atom. The van der Waals surface area contributed by atoms with E-state index in [9.17, 15) is 0 Å². The van der Waals surface area contributed by atoms with Crippen molar-refractivity contribution < 1.29 is 4.74 Å². The third-order valence-corrected chi connectivity index (χ3v) is 5.80. The molecule has 1 saturated heterocycles. The van der Waals surface area contributed by atoms with Crippen molar-refractivity contribution in [3.05, 3.63) is 5.82 Å². The molecule has 0 aromatic carbocycles. The van der Waals surface area contributed by atoms with Gasteiger partial charge < -0.3 is 4.74 Å². The average Bonchev–Trinajstić information content (AvgIpc) is 3.09. The maximum atomic E-state index is 5.20. The molecule has 2 fully saturated rings. The van der Waals surface area contributed by atoms with Crippen LogP contribution in [-0.4, -0.2) is 75.9 Å². The lowest BCUT2D eigenvalue weighted by Gasteiger charge is -2.43. The van der Waals surface area contributed by atoms with Gasteiger partial charge in [0.2, 0.25) is 0 Å². The van der Waals surface area contributed by atoms with E-state index in [1.54, 1.807) is 7.11 Å². The standard InChI is InChI=1S/C18H34N6O/c1-15(2)17(18-19-20-21-24(18)13-14-25-3)23-11-9-22(10-12-23)16-7-5-4-6-8-16/h15-17H,4-14H2,1-3H3. The maximum Gasteiger partial charge on any atom is 0.168 e. The highest BCUT2D eigenvalue weighted by Gasteiger charge is 2.33. The first-order chi connectivity index (χ1) is 12.2. The van der Waals surface area contributed by atoms with Gasteiger partial charge in [0, 0.05) is 39.3 Å². The molecule has 1 aliphatic carbocycles. The predicted molar refractivity (Wildman–Crippen MR) is 97.3 cm³/mol. The Morgan fingerprint density at radius 1 is 1.08 bits per heavy atom. The minimum absolute atomic E-state index is 0.278. The highest BCUT2D eigenvalue weighted by atomic mass is 16.5. The third-order valence-electron chi connectivity index (χ3n) is 5.80. The van der Waals surface area contributed by atoms with Gasteiger partial charge in [0.1, 0.15) is 0 Å². The van der Waals surface area contributed by atoms with Gasteiger partial charge in [-0.25, -0.2) is 4.68 Å². The van der Waals surface area contributed by atoms with Gasteiger partial charge in [0.05, 0.1) is 19.2 Å². The minimum atomic E-state index is 0.278. The molecule has 3 rings (SSSR count). The van der Waals surface area contributed by atoms with Crippen molar-refractivity contribution in [2.24, 2.45) is 5.92 Å². The number of methoxy groups -OCH3 is 1. The summed E-state index contributed by atoms with van der Waals surface area (Å²) in [6, 6.07) is 1.10. The normalized spacial score (nSPS) is 22.6. The minimum Gasteiger partial charge on any atom is -0.383 e. The molecule has 0 spiro atoms. The van der Waals surface area contributed by atoms with E-state index in [-0.39, 0.29) is 6.04 Å². The van der Waals surface area contributed by atoms with Crippen LogP contribution in [0.5, 0.6) is 0 Å². The van der Waals surface area contributed by atoms with Gasteiger partial charge in [-0.15, -0.1) is 5.10 Å². The quantitative estimate of drug-likeness (QED) is 0.749. The van der Waals surface area contributed by atoms with Gasteiger partial charge >= 0.3 is 0 Å². The third kappa shape index (κ3) is 4.57. The fourth-order valence-corrected chi connectivity index (χ4v) is 4.47. The lowest BCUT2D eigenvalue weighted by molar-refractivity contribution is 0.0388. The highest BCUT2D eigenvalue weighted by Crippen LogP contribution is 2.29. The lowest BCUT2D eigenvalue weighted by Crippen LogP contribution is -2.52. The second kappa shape index (κ2) is 9.05. The van der Waals surface area contributed by atoms with Crippen molar-refractivity contribution >= 4 is 0 Å². The molecular formula is C18H34N6O. The van der Waals surface area contributed by atoms with E-state index in [1.165, 1.54) is 45.2 Å². The number of nitrogens with zero attached hydrogens (tertiary/aromatic N) is 6. The second-order valence-electron chi connectivity index (χ2n) is 7.81. The molecule has 0 N–H and O–H groups in total. The molecule has 1 aromatic rings. The van der Waals surface area contributed by atoms with Gasteiger partial charge in [-0.2, -0.15) is 0 Å². The Labute approximate surface area is 151 Å². The van der Waals surface area contributed by atoms with Crippen LogP contribution in [0.3, 0.4) is 0 Å². The van der Waals surface area contributed by atoms with Crippen molar-refractivity contribution in [2.45, 2.75) is 64.6 Å². The van der Waals surface area contributed by atoms with Crippen molar-refractivity contribution in [3.63, 3.8) is 0 Å². The van der Waals surface area contributed by atoms with Gasteiger partial charge in [0.25, 0.3) is 0 Å². The van der Waals surface area contributed by atoms with Gasteiger partial charge in [-0.3, -0.25) is 9.80 Å². The van der Waals surface area contributed by atoms with Crippen LogP contribution in [0.1, 0.15) is 57.8 Å². The number of aromatic nitrogens is 4. The molecular weight excluding hydrogens is 316 g/mol. The van der Waals surface area contributed by atoms with Crippen LogP contribution in [0.25, 0.3) is 0 Å². The molecule has 0 radical (unpaired) electrons. The number of hydrogen-bond acceptors (Lipinski definition) is 6. The summed E-state index contributed by atoms with van der Waals surface area (Å²) in [5, 5.41) is 12.5. The molecule has 1 saturated carbocycles. The summed E-state index contributed by atoms with van der Waals surface area (Å²) in [5.41, 5.74) is 0. The van der Waals surface area contributed by atoms with E-state index in [4.69, 9.17) is 4.74 Å². The Bertz CT molecular complexity index is 505. The van der Waals surface area contributed by atoms with Gasteiger partial charge in [-0.05, 0) is 29.2 Å². The molecule has 2 aliphatic rings. The fraction of sp³-hybridized carbons (Fsp3) is 0.944. The van der Waals surface area contributed by atoms with E-state index in [0.29, 0.717) is 19.1 Å². The number of tetrazole rings is 1. The van der Waals surface area contributed by atoms with Crippen molar-refractivity contribution in [1.82, 2.24) is 30.0 Å². The molecule has 1 aliphatic heterocycles. The zero-order chi connectivity index (χ0) is 17.6. The molecule has 1 atom stereocenters. The summed E-state index contributed by atoms with van der Waals surface area (Å²) in [7, 11) is 1.72. The van der Waals surface area contributed by atoms with E-state index in [2.05, 4.69) is 39.2 Å². The molecule has 2 heterocycles. The number of piperazine rings is 1. The van der Waals surface area contributed by atoms with E-state index in [1.807, 2.05) is 4.68 Å². The molecule has 7 nitrogen and oxygen atoms in total. The predicted octanol–water partition coefficient (Wildman–Crippen LogP) is 1.97. The zero-order valence-corrected chi connectivity index (χ0v) is 16.1. The Morgan fingerprint density at radius 3 is 2.44 bits per heavy atom. The molecule has 1 unspecified atom stereocenters. The van der Waals surface area contributed by atoms with Crippen molar-refractivity contribution in [3.8, 4) is 0 Å². The first-order valence-electron chi connectivity index (χ1n) is 9.93. The molecule has 7 heteroatoms. The van der Waals surface area contributed by atoms with Crippen LogP contribution in [-0.2, 0) is 11.3 Å². The largest absolute Gasteiger partial charge is 0.383 e. The summed E-state index contributed by atoms with van der Waals surface area (Å²) >= 11 is 0. The summed E-state index contributed by atoms with van der Waals surface area (Å²) < 4.78 is 7.12. The SMILES string of the molecule is COCCn1nnnc1C(C(C)C)N1CCN(C2CCCCC2)CC1. The smallest absolute Gasteiger partial charge is 0.168 e. The molecule has 1 aromatic heterocycles. The van der Waals surface area contributed by atoms with E-state index < -0.39 is 0 Å². The van der Waals surface area contributed by atoms with Gasteiger partial charge in [-0.1, -0.05) is 33.1 Å². The topological polar surface area (TPSA) is 59.3 Å². The molecule has 0 bridgehead atoms. The lowest BCUT2D eigenvalue weighted by atomic mass is 9.93. The summed E-state index contributed by atoms with van der Waals surface area (Å²) in [4.78, 5) is 5.31. The molecule has 142 valence electrons. The van der Waals surface area contributed by atoms with E-state index >= 15 is 0 Å². The summed E-state index contributed by atoms with van der Waals surface area (Å²) in [5.74, 6) is 1.46. The van der Waals surface area contributed by atoms with Crippen LogP contribution in [0.4, 0.5) is 0 Å².